The topological polar surface area (TPSA) is 49.3 Å². The fraction of sp³-hybridized carbons (Fsp3) is 0.562. The number of hydrogen-bond acceptors (Lipinski definition) is 3. The van der Waals surface area contributed by atoms with Crippen molar-refractivity contribution in [1.82, 2.24) is 0 Å². The molecule has 0 aliphatic rings. The van der Waals surface area contributed by atoms with Crippen LogP contribution in [-0.2, 0) is 0 Å². The number of carboxylic acids is 1. The first kappa shape index (κ1) is 16.9. The summed E-state index contributed by atoms with van der Waals surface area (Å²) in [6, 6.07) is 5.93. The zero-order valence-corrected chi connectivity index (χ0v) is 13.6. The first-order valence-electron chi connectivity index (χ1n) is 7.30. The van der Waals surface area contributed by atoms with E-state index in [9.17, 15) is 9.90 Å². The Morgan fingerprint density at radius 3 is 2.45 bits per heavy atom. The Labute approximate surface area is 126 Å². The van der Waals surface area contributed by atoms with Crippen molar-refractivity contribution in [3.05, 3.63) is 23.8 Å². The first-order valence-corrected chi connectivity index (χ1v) is 8.29. The van der Waals surface area contributed by atoms with Gasteiger partial charge in [0.05, 0.1) is 11.3 Å². The van der Waals surface area contributed by atoms with Crippen LogP contribution in [0.3, 0.4) is 0 Å². The minimum Gasteiger partial charge on any atom is -0.478 e. The Hall–Kier alpha value is -1.16. The van der Waals surface area contributed by atoms with E-state index in [1.807, 2.05) is 25.1 Å². The zero-order valence-electron chi connectivity index (χ0n) is 12.8. The number of carboxylic acid groups (broad SMARTS) is 1. The molecule has 0 fully saturated rings. The molecule has 0 radical (unpaired) electrons. The molecule has 20 heavy (non-hydrogen) atoms. The van der Waals surface area contributed by atoms with Gasteiger partial charge in [0.15, 0.2) is 0 Å². The van der Waals surface area contributed by atoms with Gasteiger partial charge in [0.1, 0.15) is 0 Å². The highest BCUT2D eigenvalue weighted by Gasteiger charge is 2.19. The first-order chi connectivity index (χ1) is 9.54. The van der Waals surface area contributed by atoms with E-state index in [0.717, 1.165) is 29.2 Å². The van der Waals surface area contributed by atoms with E-state index in [1.54, 1.807) is 11.8 Å². The number of thioether (sulfide) groups is 1. The number of rotatable bonds is 8. The molecule has 0 amide bonds. The minimum absolute atomic E-state index is 0.268. The van der Waals surface area contributed by atoms with Crippen molar-refractivity contribution in [2.75, 3.05) is 11.1 Å². The van der Waals surface area contributed by atoms with E-state index in [0.29, 0.717) is 11.5 Å². The van der Waals surface area contributed by atoms with Crippen LogP contribution in [0.4, 0.5) is 5.69 Å². The van der Waals surface area contributed by atoms with Crippen molar-refractivity contribution < 1.29 is 9.90 Å². The normalized spacial score (nSPS) is 12.4. The molecule has 0 heterocycles. The smallest absolute Gasteiger partial charge is 0.338 e. The number of carbonyl (C=O) groups is 1. The highest BCUT2D eigenvalue weighted by atomic mass is 32.2. The molecular formula is C16H25NO2S. The van der Waals surface area contributed by atoms with Gasteiger partial charge in [-0.15, -0.1) is 11.8 Å². The third-order valence-corrected chi connectivity index (χ3v) is 4.62. The molecule has 0 saturated carbocycles. The molecule has 0 saturated heterocycles. The van der Waals surface area contributed by atoms with Crippen molar-refractivity contribution in [1.29, 1.82) is 0 Å². The SMILES string of the molecule is CCSc1cccc(NC(C)C(CC)CC)c1C(=O)O. The largest absolute Gasteiger partial charge is 0.478 e. The van der Waals surface area contributed by atoms with Crippen molar-refractivity contribution in [2.24, 2.45) is 5.92 Å². The van der Waals surface area contributed by atoms with Gasteiger partial charge >= 0.3 is 5.97 Å². The molecular weight excluding hydrogens is 270 g/mol. The Morgan fingerprint density at radius 1 is 1.30 bits per heavy atom. The molecule has 0 spiro atoms. The van der Waals surface area contributed by atoms with Gasteiger partial charge in [0, 0.05) is 10.9 Å². The van der Waals surface area contributed by atoms with E-state index in [-0.39, 0.29) is 6.04 Å². The van der Waals surface area contributed by atoms with Crippen LogP contribution in [0, 0.1) is 5.92 Å². The van der Waals surface area contributed by atoms with Crippen molar-refractivity contribution in [3.63, 3.8) is 0 Å². The van der Waals surface area contributed by atoms with E-state index >= 15 is 0 Å². The van der Waals surface area contributed by atoms with Crippen LogP contribution < -0.4 is 5.32 Å². The van der Waals surface area contributed by atoms with Crippen LogP contribution in [0.1, 0.15) is 50.9 Å². The lowest BCUT2D eigenvalue weighted by Gasteiger charge is -2.25. The Morgan fingerprint density at radius 2 is 1.95 bits per heavy atom. The number of aromatic carboxylic acids is 1. The number of anilines is 1. The van der Waals surface area contributed by atoms with Crippen LogP contribution in [0.25, 0.3) is 0 Å². The summed E-state index contributed by atoms with van der Waals surface area (Å²) in [6.07, 6.45) is 2.19. The van der Waals surface area contributed by atoms with Gasteiger partial charge in [-0.1, -0.05) is 39.7 Å². The van der Waals surface area contributed by atoms with Crippen molar-refractivity contribution in [2.45, 2.75) is 51.5 Å². The molecule has 112 valence electrons. The summed E-state index contributed by atoms with van der Waals surface area (Å²) in [7, 11) is 0. The fourth-order valence-electron chi connectivity index (χ4n) is 2.51. The van der Waals surface area contributed by atoms with Crippen LogP contribution >= 0.6 is 11.8 Å². The molecule has 0 bridgehead atoms. The molecule has 3 nitrogen and oxygen atoms in total. The molecule has 1 aromatic rings. The third kappa shape index (κ3) is 4.17. The predicted octanol–water partition coefficient (Wildman–Crippen LogP) is 4.73. The van der Waals surface area contributed by atoms with E-state index in [1.165, 1.54) is 0 Å². The molecule has 0 aliphatic heterocycles. The van der Waals surface area contributed by atoms with E-state index in [2.05, 4.69) is 26.1 Å². The summed E-state index contributed by atoms with van der Waals surface area (Å²) in [5, 5.41) is 12.9. The van der Waals surface area contributed by atoms with Gasteiger partial charge in [-0.25, -0.2) is 4.79 Å². The van der Waals surface area contributed by atoms with Gasteiger partial charge < -0.3 is 10.4 Å². The fourth-order valence-corrected chi connectivity index (χ4v) is 3.33. The molecule has 1 unspecified atom stereocenters. The monoisotopic (exact) mass is 295 g/mol. The lowest BCUT2D eigenvalue weighted by molar-refractivity contribution is 0.0694. The highest BCUT2D eigenvalue weighted by molar-refractivity contribution is 7.99. The molecule has 4 heteroatoms. The molecule has 0 aromatic heterocycles. The number of benzene rings is 1. The average molecular weight is 295 g/mol. The summed E-state index contributed by atoms with van der Waals surface area (Å²) in [5.74, 6) is 0.561. The van der Waals surface area contributed by atoms with Gasteiger partial charge in [-0.05, 0) is 30.7 Å². The van der Waals surface area contributed by atoms with Crippen molar-refractivity contribution >= 4 is 23.4 Å². The lowest BCUT2D eigenvalue weighted by Crippen LogP contribution is -2.26. The second-order valence-corrected chi connectivity index (χ2v) is 6.23. The van der Waals surface area contributed by atoms with Crippen LogP contribution in [0.2, 0.25) is 0 Å². The predicted molar refractivity (Wildman–Crippen MR) is 87.0 cm³/mol. The zero-order chi connectivity index (χ0) is 15.1. The Kier molecular flexibility index (Phi) is 6.93. The maximum absolute atomic E-state index is 11.6. The quantitative estimate of drug-likeness (QED) is 0.680. The molecule has 0 aliphatic carbocycles. The molecule has 1 atom stereocenters. The number of nitrogens with one attached hydrogen (secondary N) is 1. The third-order valence-electron chi connectivity index (χ3n) is 3.68. The summed E-state index contributed by atoms with van der Waals surface area (Å²) in [6.45, 7) is 8.51. The van der Waals surface area contributed by atoms with Gasteiger partial charge in [-0.3, -0.25) is 0 Å². The maximum Gasteiger partial charge on any atom is 0.338 e. The van der Waals surface area contributed by atoms with Gasteiger partial charge in [0.25, 0.3) is 0 Å². The summed E-state index contributed by atoms with van der Waals surface area (Å²) in [5.41, 5.74) is 1.13. The van der Waals surface area contributed by atoms with Gasteiger partial charge in [0.2, 0.25) is 0 Å². The second kappa shape index (κ2) is 8.20. The van der Waals surface area contributed by atoms with Crippen LogP contribution in [-0.4, -0.2) is 22.9 Å². The van der Waals surface area contributed by atoms with E-state index < -0.39 is 5.97 Å². The summed E-state index contributed by atoms with van der Waals surface area (Å²) < 4.78 is 0. The lowest BCUT2D eigenvalue weighted by atomic mass is 9.95. The van der Waals surface area contributed by atoms with Gasteiger partial charge in [-0.2, -0.15) is 0 Å². The Balaban J connectivity index is 3.05. The summed E-state index contributed by atoms with van der Waals surface area (Å²) >= 11 is 1.57. The van der Waals surface area contributed by atoms with E-state index in [4.69, 9.17) is 0 Å². The Bertz CT molecular complexity index is 444. The highest BCUT2D eigenvalue weighted by Crippen LogP contribution is 2.30. The standard InChI is InChI=1S/C16H25NO2S/c1-5-12(6-2)11(4)17-13-9-8-10-14(20-7-3)15(13)16(18)19/h8-12,17H,5-7H2,1-4H3,(H,18,19). The maximum atomic E-state index is 11.6. The molecule has 1 rings (SSSR count). The van der Waals surface area contributed by atoms with Crippen LogP contribution in [0.5, 0.6) is 0 Å². The summed E-state index contributed by atoms with van der Waals surface area (Å²) in [4.78, 5) is 12.4. The second-order valence-electron chi connectivity index (χ2n) is 4.93. The average Bonchev–Trinajstić information content (AvgIpc) is 2.40. The molecule has 1 aromatic carbocycles. The molecule has 2 N–H and O–H groups in total. The van der Waals surface area contributed by atoms with Crippen molar-refractivity contribution in [3.8, 4) is 0 Å². The minimum atomic E-state index is -0.860. The number of hydrogen-bond donors (Lipinski definition) is 2. The van der Waals surface area contributed by atoms with Crippen LogP contribution in [0.15, 0.2) is 23.1 Å².